The van der Waals surface area contributed by atoms with Crippen LogP contribution in [0.3, 0.4) is 0 Å². The number of benzene rings is 1. The first-order chi connectivity index (χ1) is 12.5. The van der Waals surface area contributed by atoms with Crippen LogP contribution in [-0.4, -0.2) is 47.0 Å². The van der Waals surface area contributed by atoms with Gasteiger partial charge in [0.2, 0.25) is 5.91 Å². The second kappa shape index (κ2) is 7.95. The summed E-state index contributed by atoms with van der Waals surface area (Å²) < 4.78 is 0. The molecule has 0 spiro atoms. The van der Waals surface area contributed by atoms with Crippen molar-refractivity contribution >= 4 is 29.5 Å². The zero-order valence-corrected chi connectivity index (χ0v) is 15.0. The molecule has 2 aliphatic rings. The van der Waals surface area contributed by atoms with Gasteiger partial charge in [0, 0.05) is 29.7 Å². The highest BCUT2D eigenvalue weighted by atomic mass is 35.5. The molecule has 1 saturated heterocycles. The monoisotopic (exact) mass is 379 g/mol. The van der Waals surface area contributed by atoms with Crippen LogP contribution in [0.1, 0.15) is 37.3 Å². The molecule has 2 fully saturated rings. The summed E-state index contributed by atoms with van der Waals surface area (Å²) in [4.78, 5) is 37.8. The van der Waals surface area contributed by atoms with Crippen molar-refractivity contribution < 1.29 is 19.5 Å². The predicted octanol–water partition coefficient (Wildman–Crippen LogP) is 2.17. The summed E-state index contributed by atoms with van der Waals surface area (Å²) in [5.74, 6) is -1.37. The van der Waals surface area contributed by atoms with Crippen molar-refractivity contribution in [1.82, 2.24) is 15.5 Å². The van der Waals surface area contributed by atoms with E-state index in [0.29, 0.717) is 49.4 Å². The van der Waals surface area contributed by atoms with Crippen LogP contribution in [0.5, 0.6) is 0 Å². The van der Waals surface area contributed by atoms with E-state index in [4.69, 9.17) is 16.7 Å². The van der Waals surface area contributed by atoms with Crippen LogP contribution in [0, 0.1) is 5.92 Å². The molecule has 1 aromatic carbocycles. The van der Waals surface area contributed by atoms with Gasteiger partial charge in [-0.15, -0.1) is 0 Å². The lowest BCUT2D eigenvalue weighted by Gasteiger charge is -2.37. The molecule has 3 N–H and O–H groups in total. The maximum absolute atomic E-state index is 12.8. The van der Waals surface area contributed by atoms with Crippen LogP contribution in [0.4, 0.5) is 4.79 Å². The van der Waals surface area contributed by atoms with Crippen molar-refractivity contribution in [3.8, 4) is 0 Å². The first-order valence-electron chi connectivity index (χ1n) is 8.79. The van der Waals surface area contributed by atoms with E-state index in [-0.39, 0.29) is 23.9 Å². The summed E-state index contributed by atoms with van der Waals surface area (Å²) in [6.07, 6.45) is 2.35. The predicted molar refractivity (Wildman–Crippen MR) is 95.8 cm³/mol. The van der Waals surface area contributed by atoms with Crippen molar-refractivity contribution in [1.29, 1.82) is 0 Å². The molecule has 7 nitrogen and oxygen atoms in total. The number of carbonyl (C=O) groups excluding carboxylic acids is 2. The molecule has 0 radical (unpaired) electrons. The number of rotatable bonds is 3. The van der Waals surface area contributed by atoms with Gasteiger partial charge in [-0.05, 0) is 31.7 Å². The van der Waals surface area contributed by atoms with Gasteiger partial charge in [-0.25, -0.2) is 4.79 Å². The Morgan fingerprint density at radius 3 is 2.54 bits per heavy atom. The molecule has 3 amide bonds. The van der Waals surface area contributed by atoms with Crippen LogP contribution >= 0.6 is 11.6 Å². The quantitative estimate of drug-likeness (QED) is 0.749. The van der Waals surface area contributed by atoms with Crippen molar-refractivity contribution in [2.24, 2.45) is 5.92 Å². The summed E-state index contributed by atoms with van der Waals surface area (Å²) in [5, 5.41) is 15.3. The minimum absolute atomic E-state index is 0.0741. The first kappa shape index (κ1) is 18.5. The fourth-order valence-electron chi connectivity index (χ4n) is 3.63. The van der Waals surface area contributed by atoms with Gasteiger partial charge >= 0.3 is 12.0 Å². The number of halogens is 1. The molecule has 1 unspecified atom stereocenters. The lowest BCUT2D eigenvalue weighted by atomic mass is 9.86. The van der Waals surface area contributed by atoms with Gasteiger partial charge in [0.15, 0.2) is 0 Å². The minimum atomic E-state index is -0.777. The topological polar surface area (TPSA) is 98.7 Å². The number of carboxylic acid groups (broad SMARTS) is 1. The standard InChI is InChI=1S/C18H22ClN3O4/c19-14-4-2-1-3-13(14)15-16(23)20-9-10-22(15)18(26)21-12-7-5-11(6-8-12)17(24)25/h1-4,11-12,15H,5-10H2,(H,20,23)(H,21,26)(H,24,25). The van der Waals surface area contributed by atoms with Gasteiger partial charge < -0.3 is 20.6 Å². The fraction of sp³-hybridized carbons (Fsp3) is 0.500. The Kier molecular flexibility index (Phi) is 5.66. The van der Waals surface area contributed by atoms with Crippen molar-refractivity contribution in [3.05, 3.63) is 34.9 Å². The molecule has 1 saturated carbocycles. The van der Waals surface area contributed by atoms with E-state index >= 15 is 0 Å². The molecule has 3 rings (SSSR count). The third-order valence-corrected chi connectivity index (χ3v) is 5.42. The van der Waals surface area contributed by atoms with Gasteiger partial charge in [-0.2, -0.15) is 0 Å². The van der Waals surface area contributed by atoms with Crippen molar-refractivity contribution in [3.63, 3.8) is 0 Å². The summed E-state index contributed by atoms with van der Waals surface area (Å²) >= 11 is 6.24. The molecule has 1 heterocycles. The third kappa shape index (κ3) is 3.93. The number of aliphatic carboxylic acids is 1. The number of hydrogen-bond donors (Lipinski definition) is 3. The highest BCUT2D eigenvalue weighted by Gasteiger charge is 2.36. The number of carboxylic acids is 1. The van der Waals surface area contributed by atoms with Crippen LogP contribution in [0.2, 0.25) is 5.02 Å². The Morgan fingerprint density at radius 1 is 1.19 bits per heavy atom. The number of nitrogens with one attached hydrogen (secondary N) is 2. The molecule has 1 aromatic rings. The highest BCUT2D eigenvalue weighted by Crippen LogP contribution is 2.30. The molecule has 0 bridgehead atoms. The molecule has 26 heavy (non-hydrogen) atoms. The molecule has 0 aromatic heterocycles. The Labute approximate surface area is 156 Å². The van der Waals surface area contributed by atoms with E-state index < -0.39 is 12.0 Å². The van der Waals surface area contributed by atoms with E-state index in [1.807, 2.05) is 0 Å². The molecule has 1 aliphatic heterocycles. The van der Waals surface area contributed by atoms with E-state index in [1.165, 1.54) is 4.90 Å². The van der Waals surface area contributed by atoms with Crippen LogP contribution in [-0.2, 0) is 9.59 Å². The second-order valence-corrected chi connectivity index (χ2v) is 7.15. The zero-order chi connectivity index (χ0) is 18.7. The van der Waals surface area contributed by atoms with Crippen LogP contribution in [0.25, 0.3) is 0 Å². The van der Waals surface area contributed by atoms with E-state index in [0.717, 1.165) is 0 Å². The van der Waals surface area contributed by atoms with Gasteiger partial charge in [0.05, 0.1) is 5.92 Å². The van der Waals surface area contributed by atoms with Gasteiger partial charge in [-0.3, -0.25) is 9.59 Å². The number of nitrogens with zero attached hydrogens (tertiary/aromatic N) is 1. The molecule has 8 heteroatoms. The smallest absolute Gasteiger partial charge is 0.318 e. The summed E-state index contributed by atoms with van der Waals surface area (Å²) in [6, 6.07) is 5.84. The largest absolute Gasteiger partial charge is 0.481 e. The first-order valence-corrected chi connectivity index (χ1v) is 9.17. The number of carbonyl (C=O) groups is 3. The third-order valence-electron chi connectivity index (χ3n) is 5.08. The Morgan fingerprint density at radius 2 is 1.88 bits per heavy atom. The molecular weight excluding hydrogens is 358 g/mol. The summed E-state index contributed by atoms with van der Waals surface area (Å²) in [6.45, 7) is 0.775. The minimum Gasteiger partial charge on any atom is -0.481 e. The van der Waals surface area contributed by atoms with Crippen molar-refractivity contribution in [2.45, 2.75) is 37.8 Å². The zero-order valence-electron chi connectivity index (χ0n) is 14.3. The SMILES string of the molecule is O=C(O)C1CCC(NC(=O)N2CCNC(=O)C2c2ccccc2Cl)CC1. The van der Waals surface area contributed by atoms with Gasteiger partial charge in [-0.1, -0.05) is 29.8 Å². The lowest BCUT2D eigenvalue weighted by molar-refractivity contribution is -0.142. The van der Waals surface area contributed by atoms with E-state index in [2.05, 4.69) is 10.6 Å². The van der Waals surface area contributed by atoms with E-state index in [1.54, 1.807) is 24.3 Å². The number of amides is 3. The summed E-state index contributed by atoms with van der Waals surface area (Å²) in [7, 11) is 0. The number of hydrogen-bond acceptors (Lipinski definition) is 3. The van der Waals surface area contributed by atoms with Crippen molar-refractivity contribution in [2.75, 3.05) is 13.1 Å². The molecule has 1 aliphatic carbocycles. The Bertz CT molecular complexity index is 703. The van der Waals surface area contributed by atoms with Gasteiger partial charge in [0.25, 0.3) is 0 Å². The summed E-state index contributed by atoms with van der Waals surface area (Å²) in [5.41, 5.74) is 0.594. The fourth-order valence-corrected chi connectivity index (χ4v) is 3.87. The average molecular weight is 380 g/mol. The lowest BCUT2D eigenvalue weighted by Crippen LogP contribution is -2.56. The molecule has 1 atom stereocenters. The Balaban J connectivity index is 1.70. The van der Waals surface area contributed by atoms with Gasteiger partial charge in [0.1, 0.15) is 6.04 Å². The normalized spacial score (nSPS) is 26.1. The second-order valence-electron chi connectivity index (χ2n) is 6.74. The highest BCUT2D eigenvalue weighted by molar-refractivity contribution is 6.31. The molecular formula is C18H22ClN3O4. The molecule has 140 valence electrons. The average Bonchev–Trinajstić information content (AvgIpc) is 2.62. The van der Waals surface area contributed by atoms with Crippen LogP contribution < -0.4 is 10.6 Å². The maximum Gasteiger partial charge on any atom is 0.318 e. The maximum atomic E-state index is 12.8. The number of piperazine rings is 1. The Hall–Kier alpha value is -2.28. The van der Waals surface area contributed by atoms with Crippen LogP contribution in [0.15, 0.2) is 24.3 Å². The number of urea groups is 1. The van der Waals surface area contributed by atoms with E-state index in [9.17, 15) is 14.4 Å².